The molecule has 1 N–H and O–H groups in total. The van der Waals surface area contributed by atoms with Gasteiger partial charge in [0, 0.05) is 49.0 Å². The molecule has 2 aromatic rings. The highest BCUT2D eigenvalue weighted by Gasteiger charge is 2.41. The van der Waals surface area contributed by atoms with Crippen LogP contribution in [0.15, 0.2) is 30.6 Å². The van der Waals surface area contributed by atoms with Crippen molar-refractivity contribution in [3.05, 3.63) is 53.0 Å². The summed E-state index contributed by atoms with van der Waals surface area (Å²) in [6, 6.07) is 9.84. The van der Waals surface area contributed by atoms with Crippen LogP contribution >= 0.6 is 0 Å². The van der Waals surface area contributed by atoms with E-state index < -0.39 is 0 Å². The van der Waals surface area contributed by atoms with Crippen molar-refractivity contribution in [2.45, 2.75) is 69.9 Å². The lowest BCUT2D eigenvalue weighted by atomic mass is 9.88. The van der Waals surface area contributed by atoms with Crippen molar-refractivity contribution < 1.29 is 4.79 Å². The number of carbonyl (C=O) groups is 1. The van der Waals surface area contributed by atoms with E-state index >= 15 is 0 Å². The van der Waals surface area contributed by atoms with Gasteiger partial charge in [-0.2, -0.15) is 5.26 Å². The Hall–Kier alpha value is -2.98. The maximum atomic E-state index is 13.9. The molecule has 7 nitrogen and oxygen atoms in total. The van der Waals surface area contributed by atoms with E-state index in [2.05, 4.69) is 47.0 Å². The van der Waals surface area contributed by atoms with E-state index in [0.29, 0.717) is 24.6 Å². The zero-order valence-electron chi connectivity index (χ0n) is 20.4. The standard InChI is InChI=1S/C27H34N6O/c1-18-4-9-21-23(18)25(30-17-29-21)32-12-14-33(15-13-32)26(34)24(22-10-11-27(2,3)31-22)20-7-5-19(16-28)6-8-20/h5-8,17-18,22,24,31H,4,9-15H2,1-3H3/t18-,22+,24+/m1/s1. The van der Waals surface area contributed by atoms with Crippen LogP contribution < -0.4 is 10.2 Å². The van der Waals surface area contributed by atoms with Crippen molar-refractivity contribution in [1.82, 2.24) is 20.2 Å². The van der Waals surface area contributed by atoms with Gasteiger partial charge in [0.25, 0.3) is 0 Å². The number of fused-ring (bicyclic) bond motifs is 1. The van der Waals surface area contributed by atoms with E-state index in [1.165, 1.54) is 11.3 Å². The van der Waals surface area contributed by atoms with Crippen LogP contribution in [0.2, 0.25) is 0 Å². The molecule has 3 aliphatic rings. The maximum absolute atomic E-state index is 13.9. The van der Waals surface area contributed by atoms with E-state index in [1.807, 2.05) is 29.2 Å². The van der Waals surface area contributed by atoms with Crippen LogP contribution in [0.5, 0.6) is 0 Å². The molecule has 1 aromatic carbocycles. The molecule has 5 rings (SSSR count). The number of carbonyl (C=O) groups excluding carboxylic acids is 1. The lowest BCUT2D eigenvalue weighted by Crippen LogP contribution is -2.53. The van der Waals surface area contributed by atoms with Gasteiger partial charge in [-0.1, -0.05) is 19.1 Å². The molecule has 1 amide bonds. The van der Waals surface area contributed by atoms with Crippen LogP contribution in [0.25, 0.3) is 0 Å². The summed E-state index contributed by atoms with van der Waals surface area (Å²) in [5, 5.41) is 12.9. The van der Waals surface area contributed by atoms with Crippen molar-refractivity contribution in [3.63, 3.8) is 0 Å². The molecule has 0 spiro atoms. The van der Waals surface area contributed by atoms with Gasteiger partial charge < -0.3 is 15.1 Å². The SMILES string of the molecule is C[C@@H]1CCc2ncnc(N3CCN(C(=O)[C@@H](c4ccc(C#N)cc4)[C@@H]4CCC(C)(C)N4)CC3)c21. The Balaban J connectivity index is 1.34. The second-order valence-corrected chi connectivity index (χ2v) is 10.7. The van der Waals surface area contributed by atoms with Crippen molar-refractivity contribution >= 4 is 11.7 Å². The second-order valence-electron chi connectivity index (χ2n) is 10.7. The number of hydrogen-bond acceptors (Lipinski definition) is 6. The Morgan fingerprint density at radius 2 is 1.88 bits per heavy atom. The first kappa shape index (κ1) is 22.8. The molecular formula is C27H34N6O. The highest BCUT2D eigenvalue weighted by atomic mass is 16.2. The third-order valence-corrected chi connectivity index (χ3v) is 7.87. The molecule has 0 bridgehead atoms. The summed E-state index contributed by atoms with van der Waals surface area (Å²) in [7, 11) is 0. The summed E-state index contributed by atoms with van der Waals surface area (Å²) in [6.45, 7) is 9.61. The molecule has 7 heteroatoms. The smallest absolute Gasteiger partial charge is 0.231 e. The number of anilines is 1. The first-order chi connectivity index (χ1) is 16.4. The Morgan fingerprint density at radius 3 is 2.53 bits per heavy atom. The minimum absolute atomic E-state index is 0.0264. The number of rotatable bonds is 4. The largest absolute Gasteiger partial charge is 0.353 e. The molecule has 2 fully saturated rings. The molecule has 0 radical (unpaired) electrons. The van der Waals surface area contributed by atoms with Gasteiger partial charge in [0.05, 0.1) is 17.6 Å². The van der Waals surface area contributed by atoms with E-state index in [1.54, 1.807) is 6.33 Å². The molecule has 3 atom stereocenters. The van der Waals surface area contributed by atoms with Gasteiger partial charge in [0.15, 0.2) is 0 Å². The maximum Gasteiger partial charge on any atom is 0.231 e. The molecule has 2 saturated heterocycles. The monoisotopic (exact) mass is 458 g/mol. The molecular weight excluding hydrogens is 424 g/mol. The number of amides is 1. The summed E-state index contributed by atoms with van der Waals surface area (Å²) in [5.74, 6) is 1.48. The van der Waals surface area contributed by atoms with Gasteiger partial charge in [-0.25, -0.2) is 9.97 Å². The Morgan fingerprint density at radius 1 is 1.15 bits per heavy atom. The van der Waals surface area contributed by atoms with E-state index in [0.717, 1.165) is 50.2 Å². The van der Waals surface area contributed by atoms with Crippen molar-refractivity contribution in [3.8, 4) is 6.07 Å². The Labute approximate surface area is 202 Å². The fourth-order valence-electron chi connectivity index (χ4n) is 5.93. The average Bonchev–Trinajstić information content (AvgIpc) is 3.41. The van der Waals surface area contributed by atoms with Crippen LogP contribution in [0.4, 0.5) is 5.82 Å². The highest BCUT2D eigenvalue weighted by Crippen LogP contribution is 2.38. The number of nitriles is 1. The lowest BCUT2D eigenvalue weighted by Gasteiger charge is -2.39. The van der Waals surface area contributed by atoms with Crippen molar-refractivity contribution in [2.75, 3.05) is 31.1 Å². The van der Waals surface area contributed by atoms with Gasteiger partial charge in [-0.05, 0) is 63.1 Å². The predicted octanol–water partition coefficient (Wildman–Crippen LogP) is 3.36. The molecule has 34 heavy (non-hydrogen) atoms. The third-order valence-electron chi connectivity index (χ3n) is 7.87. The molecule has 2 aliphatic heterocycles. The number of nitrogens with one attached hydrogen (secondary N) is 1. The first-order valence-corrected chi connectivity index (χ1v) is 12.5. The molecule has 1 aromatic heterocycles. The number of benzene rings is 1. The quantitative estimate of drug-likeness (QED) is 0.756. The van der Waals surface area contributed by atoms with E-state index in [4.69, 9.17) is 0 Å². The summed E-state index contributed by atoms with van der Waals surface area (Å²) in [5.41, 5.74) is 4.12. The molecule has 178 valence electrons. The summed E-state index contributed by atoms with van der Waals surface area (Å²) >= 11 is 0. The lowest BCUT2D eigenvalue weighted by molar-refractivity contribution is -0.133. The average molecular weight is 459 g/mol. The summed E-state index contributed by atoms with van der Waals surface area (Å²) in [6.07, 6.45) is 5.87. The van der Waals surface area contributed by atoms with Crippen LogP contribution in [0.3, 0.4) is 0 Å². The van der Waals surface area contributed by atoms with Gasteiger partial charge in [0.2, 0.25) is 5.91 Å². The number of nitrogens with zero attached hydrogens (tertiary/aromatic N) is 5. The highest BCUT2D eigenvalue weighted by molar-refractivity contribution is 5.85. The van der Waals surface area contributed by atoms with E-state index in [9.17, 15) is 10.1 Å². The zero-order valence-corrected chi connectivity index (χ0v) is 20.4. The molecule has 0 unspecified atom stereocenters. The molecule has 3 heterocycles. The minimum atomic E-state index is -0.246. The predicted molar refractivity (Wildman–Crippen MR) is 132 cm³/mol. The van der Waals surface area contributed by atoms with Gasteiger partial charge in [-0.3, -0.25) is 4.79 Å². The third kappa shape index (κ3) is 4.27. The number of aromatic nitrogens is 2. The Bertz CT molecular complexity index is 1100. The van der Waals surface area contributed by atoms with Gasteiger partial charge in [-0.15, -0.1) is 0 Å². The van der Waals surface area contributed by atoms with Crippen LogP contribution in [-0.4, -0.2) is 58.5 Å². The fraction of sp³-hybridized carbons (Fsp3) is 0.556. The number of hydrogen-bond donors (Lipinski definition) is 1. The Kier molecular flexibility index (Phi) is 6.03. The second kappa shape index (κ2) is 8.99. The van der Waals surface area contributed by atoms with Crippen LogP contribution in [0.1, 0.15) is 74.3 Å². The normalized spacial score (nSPS) is 24.5. The van der Waals surface area contributed by atoms with Gasteiger partial charge >= 0.3 is 0 Å². The van der Waals surface area contributed by atoms with Gasteiger partial charge in [0.1, 0.15) is 12.1 Å². The summed E-state index contributed by atoms with van der Waals surface area (Å²) in [4.78, 5) is 27.4. The zero-order chi connectivity index (χ0) is 23.9. The number of aryl methyl sites for hydroxylation is 1. The van der Waals surface area contributed by atoms with Crippen LogP contribution in [-0.2, 0) is 11.2 Å². The number of piperazine rings is 1. The van der Waals surface area contributed by atoms with Crippen LogP contribution in [0, 0.1) is 11.3 Å². The van der Waals surface area contributed by atoms with Crippen molar-refractivity contribution in [1.29, 1.82) is 5.26 Å². The fourth-order valence-corrected chi connectivity index (χ4v) is 5.93. The molecule has 1 aliphatic carbocycles. The summed E-state index contributed by atoms with van der Waals surface area (Å²) < 4.78 is 0. The molecule has 0 saturated carbocycles. The van der Waals surface area contributed by atoms with Crippen molar-refractivity contribution in [2.24, 2.45) is 0 Å². The first-order valence-electron chi connectivity index (χ1n) is 12.5. The topological polar surface area (TPSA) is 85.2 Å². The minimum Gasteiger partial charge on any atom is -0.353 e. The van der Waals surface area contributed by atoms with E-state index in [-0.39, 0.29) is 23.4 Å².